The monoisotopic (exact) mass is 341 g/mol. The van der Waals surface area contributed by atoms with Crippen LogP contribution in [0.25, 0.3) is 0 Å². The van der Waals surface area contributed by atoms with Gasteiger partial charge in [0.05, 0.1) is 12.1 Å². The third-order valence-corrected chi connectivity index (χ3v) is 3.54. The lowest BCUT2D eigenvalue weighted by Gasteiger charge is -2.10. The van der Waals surface area contributed by atoms with Crippen LogP contribution in [-0.4, -0.2) is 28.5 Å². The maximum absolute atomic E-state index is 12.1. The predicted molar refractivity (Wildman–Crippen MR) is 83.0 cm³/mol. The van der Waals surface area contributed by atoms with Gasteiger partial charge in [-0.25, -0.2) is 0 Å². The molecule has 0 saturated carbocycles. The Morgan fingerprint density at radius 2 is 1.88 bits per heavy atom. The summed E-state index contributed by atoms with van der Waals surface area (Å²) in [5.41, 5.74) is 3.05. The fourth-order valence-electron chi connectivity index (χ4n) is 2.24. The van der Waals surface area contributed by atoms with Gasteiger partial charge in [0.1, 0.15) is 5.75 Å². The van der Waals surface area contributed by atoms with Gasteiger partial charge in [0.25, 0.3) is 0 Å². The number of rotatable bonds is 5. The zero-order valence-corrected chi connectivity index (χ0v) is 13.6. The minimum atomic E-state index is -4.38. The highest BCUT2D eigenvalue weighted by Crippen LogP contribution is 2.20. The second kappa shape index (κ2) is 6.94. The molecule has 0 aliphatic rings. The van der Waals surface area contributed by atoms with Crippen molar-refractivity contribution in [2.75, 3.05) is 11.9 Å². The van der Waals surface area contributed by atoms with Crippen molar-refractivity contribution >= 4 is 11.6 Å². The van der Waals surface area contributed by atoms with Crippen molar-refractivity contribution < 1.29 is 22.7 Å². The molecule has 0 atom stereocenters. The second-order valence-corrected chi connectivity index (χ2v) is 5.43. The Labute approximate surface area is 137 Å². The summed E-state index contributed by atoms with van der Waals surface area (Å²) < 4.78 is 42.6. The number of hydrogen-bond donors (Lipinski definition) is 1. The first-order valence-electron chi connectivity index (χ1n) is 7.24. The molecule has 0 radical (unpaired) electrons. The smallest absolute Gasteiger partial charge is 0.422 e. The molecule has 0 aliphatic carbocycles. The lowest BCUT2D eigenvalue weighted by atomic mass is 10.1. The summed E-state index contributed by atoms with van der Waals surface area (Å²) in [5.74, 6) is -0.137. The van der Waals surface area contributed by atoms with Crippen LogP contribution in [0.2, 0.25) is 0 Å². The SMILES string of the molecule is Cc1nn(C)c(C)c1CC(=O)Nc1ccc(OCC(F)(F)F)cc1. The number of amides is 1. The van der Waals surface area contributed by atoms with Crippen molar-refractivity contribution in [1.29, 1.82) is 0 Å². The molecule has 0 spiro atoms. The van der Waals surface area contributed by atoms with Crippen LogP contribution in [0.15, 0.2) is 24.3 Å². The van der Waals surface area contributed by atoms with Gasteiger partial charge in [-0.15, -0.1) is 0 Å². The standard InChI is InChI=1S/C16H18F3N3O2/c1-10-14(11(2)22(3)21-10)8-15(23)20-12-4-6-13(7-5-12)24-9-16(17,18)19/h4-7H,8-9H2,1-3H3,(H,20,23). The van der Waals surface area contributed by atoms with Crippen LogP contribution in [0.5, 0.6) is 5.75 Å². The highest BCUT2D eigenvalue weighted by Gasteiger charge is 2.28. The van der Waals surface area contributed by atoms with Crippen LogP contribution in [0, 0.1) is 13.8 Å². The van der Waals surface area contributed by atoms with E-state index in [0.717, 1.165) is 17.0 Å². The molecule has 1 aromatic carbocycles. The van der Waals surface area contributed by atoms with E-state index in [1.54, 1.807) is 4.68 Å². The number of nitrogens with zero attached hydrogens (tertiary/aromatic N) is 2. The van der Waals surface area contributed by atoms with E-state index in [1.807, 2.05) is 20.9 Å². The molecule has 1 heterocycles. The van der Waals surface area contributed by atoms with Gasteiger partial charge in [0.15, 0.2) is 6.61 Å². The number of aromatic nitrogens is 2. The third kappa shape index (κ3) is 4.74. The summed E-state index contributed by atoms with van der Waals surface area (Å²) in [4.78, 5) is 12.1. The highest BCUT2D eigenvalue weighted by molar-refractivity contribution is 5.92. The summed E-state index contributed by atoms with van der Waals surface area (Å²) in [6, 6.07) is 5.74. The van der Waals surface area contributed by atoms with E-state index < -0.39 is 12.8 Å². The third-order valence-electron chi connectivity index (χ3n) is 3.54. The first-order valence-corrected chi connectivity index (χ1v) is 7.24. The second-order valence-electron chi connectivity index (χ2n) is 5.43. The average Bonchev–Trinajstić information content (AvgIpc) is 2.72. The molecule has 0 fully saturated rings. The summed E-state index contributed by atoms with van der Waals surface area (Å²) >= 11 is 0. The molecule has 0 unspecified atom stereocenters. The van der Waals surface area contributed by atoms with E-state index in [4.69, 9.17) is 0 Å². The molecule has 130 valence electrons. The van der Waals surface area contributed by atoms with Crippen LogP contribution < -0.4 is 10.1 Å². The van der Waals surface area contributed by atoms with Gasteiger partial charge in [-0.2, -0.15) is 18.3 Å². The van der Waals surface area contributed by atoms with Crippen LogP contribution in [0.3, 0.4) is 0 Å². The van der Waals surface area contributed by atoms with E-state index >= 15 is 0 Å². The molecule has 24 heavy (non-hydrogen) atoms. The summed E-state index contributed by atoms with van der Waals surface area (Å²) in [6.45, 7) is 2.37. The Kier molecular flexibility index (Phi) is 5.16. The Morgan fingerprint density at radius 3 is 2.38 bits per heavy atom. The maximum atomic E-state index is 12.1. The van der Waals surface area contributed by atoms with Gasteiger partial charge in [0, 0.05) is 24.0 Å². The number of anilines is 1. The topological polar surface area (TPSA) is 56.2 Å². The molecule has 0 aliphatic heterocycles. The van der Waals surface area contributed by atoms with E-state index in [1.165, 1.54) is 24.3 Å². The van der Waals surface area contributed by atoms with Crippen molar-refractivity contribution in [2.45, 2.75) is 26.4 Å². The highest BCUT2D eigenvalue weighted by atomic mass is 19.4. The molecule has 5 nitrogen and oxygen atoms in total. The van der Waals surface area contributed by atoms with Crippen molar-refractivity contribution in [2.24, 2.45) is 7.05 Å². The quantitative estimate of drug-likeness (QED) is 0.909. The van der Waals surface area contributed by atoms with Crippen molar-refractivity contribution in [3.8, 4) is 5.75 Å². The van der Waals surface area contributed by atoms with Gasteiger partial charge >= 0.3 is 6.18 Å². The van der Waals surface area contributed by atoms with Gasteiger partial charge in [-0.1, -0.05) is 0 Å². The van der Waals surface area contributed by atoms with Crippen LogP contribution >= 0.6 is 0 Å². The number of carbonyl (C=O) groups is 1. The fraction of sp³-hybridized carbons (Fsp3) is 0.375. The lowest BCUT2D eigenvalue weighted by Crippen LogP contribution is -2.19. The molecule has 8 heteroatoms. The predicted octanol–water partition coefficient (Wildman–Crippen LogP) is 3.16. The summed E-state index contributed by atoms with van der Waals surface area (Å²) in [5, 5.41) is 6.95. The number of alkyl halides is 3. The molecule has 0 saturated heterocycles. The molecule has 1 aromatic heterocycles. The fourth-order valence-corrected chi connectivity index (χ4v) is 2.24. The normalized spacial score (nSPS) is 11.4. The molecular formula is C16H18F3N3O2. The van der Waals surface area contributed by atoms with E-state index in [0.29, 0.717) is 5.69 Å². The van der Waals surface area contributed by atoms with E-state index in [2.05, 4.69) is 15.2 Å². The van der Waals surface area contributed by atoms with Gasteiger partial charge in [-0.3, -0.25) is 9.48 Å². The Bertz CT molecular complexity index is 721. The number of hydrogen-bond acceptors (Lipinski definition) is 3. The average molecular weight is 341 g/mol. The Hall–Kier alpha value is -2.51. The summed E-state index contributed by atoms with van der Waals surface area (Å²) in [7, 11) is 1.81. The van der Waals surface area contributed by atoms with Crippen LogP contribution in [-0.2, 0) is 18.3 Å². The van der Waals surface area contributed by atoms with Gasteiger partial charge < -0.3 is 10.1 Å². The zero-order valence-electron chi connectivity index (χ0n) is 13.6. The lowest BCUT2D eigenvalue weighted by molar-refractivity contribution is -0.153. The zero-order chi connectivity index (χ0) is 17.9. The Balaban J connectivity index is 1.94. The number of ether oxygens (including phenoxy) is 1. The largest absolute Gasteiger partial charge is 0.484 e. The van der Waals surface area contributed by atoms with Crippen molar-refractivity contribution in [3.63, 3.8) is 0 Å². The van der Waals surface area contributed by atoms with Crippen LogP contribution in [0.1, 0.15) is 17.0 Å². The molecular weight excluding hydrogens is 323 g/mol. The molecule has 2 aromatic rings. The molecule has 2 rings (SSSR count). The van der Waals surface area contributed by atoms with Gasteiger partial charge in [-0.05, 0) is 38.1 Å². The first-order chi connectivity index (χ1) is 11.2. The first kappa shape index (κ1) is 17.8. The minimum Gasteiger partial charge on any atom is -0.484 e. The van der Waals surface area contributed by atoms with Crippen molar-refractivity contribution in [3.05, 3.63) is 41.2 Å². The van der Waals surface area contributed by atoms with Gasteiger partial charge in [0.2, 0.25) is 5.91 Å². The van der Waals surface area contributed by atoms with E-state index in [-0.39, 0.29) is 18.1 Å². The number of nitrogens with one attached hydrogen (secondary N) is 1. The molecule has 1 N–H and O–H groups in total. The number of carbonyl (C=O) groups excluding carboxylic acids is 1. The molecule has 1 amide bonds. The summed E-state index contributed by atoms with van der Waals surface area (Å²) in [6.07, 6.45) is -4.20. The Morgan fingerprint density at radius 1 is 1.25 bits per heavy atom. The van der Waals surface area contributed by atoms with Crippen molar-refractivity contribution in [1.82, 2.24) is 9.78 Å². The van der Waals surface area contributed by atoms with Crippen LogP contribution in [0.4, 0.5) is 18.9 Å². The molecule has 0 bridgehead atoms. The van der Waals surface area contributed by atoms with E-state index in [9.17, 15) is 18.0 Å². The number of aryl methyl sites for hydroxylation is 2. The number of halogens is 3. The minimum absolute atomic E-state index is 0.0873. The maximum Gasteiger partial charge on any atom is 0.422 e. The number of benzene rings is 1.